The van der Waals surface area contributed by atoms with Gasteiger partial charge in [-0.3, -0.25) is 9.69 Å². The highest BCUT2D eigenvalue weighted by atomic mass is 35.5. The molecule has 0 saturated carbocycles. The molecule has 1 fully saturated rings. The molecule has 5 nitrogen and oxygen atoms in total. The van der Waals surface area contributed by atoms with Gasteiger partial charge < -0.3 is 10.1 Å². The number of thiazole rings is 1. The van der Waals surface area contributed by atoms with Crippen LogP contribution in [0.4, 0.5) is 5.69 Å². The van der Waals surface area contributed by atoms with Crippen molar-refractivity contribution in [3.8, 4) is 5.75 Å². The summed E-state index contributed by atoms with van der Waals surface area (Å²) in [5.74, 6) is 1.14. The number of aromatic nitrogens is 1. The maximum Gasteiger partial charge on any atom is 0.241 e. The van der Waals surface area contributed by atoms with Gasteiger partial charge in [0.2, 0.25) is 5.91 Å². The number of amides is 1. The Hall–Kier alpha value is -2.15. The molecule has 1 atom stereocenters. The van der Waals surface area contributed by atoms with Gasteiger partial charge in [-0.25, -0.2) is 4.98 Å². The molecule has 1 aromatic heterocycles. The molecule has 2 aromatic carbocycles. The van der Waals surface area contributed by atoms with Crippen LogP contribution in [-0.2, 0) is 4.79 Å². The zero-order chi connectivity index (χ0) is 21.1. The summed E-state index contributed by atoms with van der Waals surface area (Å²) < 4.78 is 6.79. The minimum Gasteiger partial charge on any atom is -0.492 e. The van der Waals surface area contributed by atoms with Crippen LogP contribution < -0.4 is 10.1 Å². The van der Waals surface area contributed by atoms with Crippen LogP contribution in [0.3, 0.4) is 0 Å². The first kappa shape index (κ1) is 21.1. The highest BCUT2D eigenvalue weighted by Gasteiger charge is 2.29. The van der Waals surface area contributed by atoms with Crippen molar-refractivity contribution in [1.29, 1.82) is 0 Å². The van der Waals surface area contributed by atoms with E-state index < -0.39 is 0 Å². The first-order valence-corrected chi connectivity index (χ1v) is 11.6. The second-order valence-corrected chi connectivity index (χ2v) is 9.07. The molecule has 0 spiro atoms. The lowest BCUT2D eigenvalue weighted by molar-refractivity contribution is -0.121. The SMILES string of the molecule is CCOc1ccccc1NC(=O)C(C)N1CCC(c2nc3cc(Cl)ccc3s2)CC1. The van der Waals surface area contributed by atoms with Gasteiger partial charge in [-0.05, 0) is 70.1 Å². The summed E-state index contributed by atoms with van der Waals surface area (Å²) in [6.07, 6.45) is 2.00. The van der Waals surface area contributed by atoms with Gasteiger partial charge in [-0.15, -0.1) is 11.3 Å². The fourth-order valence-corrected chi connectivity index (χ4v) is 5.16. The Balaban J connectivity index is 1.36. The molecule has 0 radical (unpaired) electrons. The second-order valence-electron chi connectivity index (χ2n) is 7.57. The molecular formula is C23H26ClN3O2S. The Bertz CT molecular complexity index is 1030. The second kappa shape index (κ2) is 9.33. The summed E-state index contributed by atoms with van der Waals surface area (Å²) in [5.41, 5.74) is 1.70. The summed E-state index contributed by atoms with van der Waals surface area (Å²) in [5, 5.41) is 4.93. The fourth-order valence-electron chi connectivity index (χ4n) is 3.88. The monoisotopic (exact) mass is 443 g/mol. The number of nitrogens with one attached hydrogen (secondary N) is 1. The largest absolute Gasteiger partial charge is 0.492 e. The number of anilines is 1. The predicted octanol–water partition coefficient (Wildman–Crippen LogP) is 5.56. The van der Waals surface area contributed by atoms with Gasteiger partial charge in [-0.2, -0.15) is 0 Å². The van der Waals surface area contributed by atoms with Gasteiger partial charge in [-0.1, -0.05) is 23.7 Å². The van der Waals surface area contributed by atoms with Crippen LogP contribution in [-0.4, -0.2) is 41.5 Å². The van der Waals surface area contributed by atoms with E-state index in [-0.39, 0.29) is 11.9 Å². The van der Waals surface area contributed by atoms with Crippen molar-refractivity contribution < 1.29 is 9.53 Å². The van der Waals surface area contributed by atoms with E-state index in [0.717, 1.165) is 42.2 Å². The first-order chi connectivity index (χ1) is 14.5. The van der Waals surface area contributed by atoms with Crippen molar-refractivity contribution >= 4 is 44.7 Å². The number of para-hydroxylation sites is 2. The Morgan fingerprint density at radius 2 is 2.07 bits per heavy atom. The van der Waals surface area contributed by atoms with E-state index >= 15 is 0 Å². The van der Waals surface area contributed by atoms with Crippen LogP contribution in [0.15, 0.2) is 42.5 Å². The van der Waals surface area contributed by atoms with Crippen LogP contribution in [0, 0.1) is 0 Å². The van der Waals surface area contributed by atoms with Crippen LogP contribution in [0.2, 0.25) is 5.02 Å². The predicted molar refractivity (Wildman–Crippen MR) is 124 cm³/mol. The van der Waals surface area contributed by atoms with E-state index in [2.05, 4.69) is 10.2 Å². The number of hydrogen-bond donors (Lipinski definition) is 1. The Morgan fingerprint density at radius 1 is 1.30 bits per heavy atom. The summed E-state index contributed by atoms with van der Waals surface area (Å²) >= 11 is 7.85. The highest BCUT2D eigenvalue weighted by molar-refractivity contribution is 7.18. The van der Waals surface area contributed by atoms with E-state index in [1.54, 1.807) is 11.3 Å². The smallest absolute Gasteiger partial charge is 0.241 e. The molecule has 1 aliphatic heterocycles. The van der Waals surface area contributed by atoms with Gasteiger partial charge in [0.1, 0.15) is 5.75 Å². The number of halogens is 1. The number of fused-ring (bicyclic) bond motifs is 1. The maximum atomic E-state index is 12.8. The molecule has 2 heterocycles. The molecule has 4 rings (SSSR count). The third-order valence-electron chi connectivity index (χ3n) is 5.62. The minimum atomic E-state index is -0.199. The van der Waals surface area contributed by atoms with Gasteiger partial charge in [0.05, 0.1) is 33.6 Å². The lowest BCUT2D eigenvalue weighted by atomic mass is 9.96. The lowest BCUT2D eigenvalue weighted by Gasteiger charge is -2.34. The molecule has 0 bridgehead atoms. The van der Waals surface area contributed by atoms with E-state index in [9.17, 15) is 4.79 Å². The van der Waals surface area contributed by atoms with Crippen LogP contribution in [0.5, 0.6) is 5.75 Å². The zero-order valence-electron chi connectivity index (χ0n) is 17.2. The number of rotatable bonds is 6. The van der Waals surface area contributed by atoms with Crippen molar-refractivity contribution in [3.05, 3.63) is 52.5 Å². The number of carbonyl (C=O) groups excluding carboxylic acids is 1. The van der Waals surface area contributed by atoms with Gasteiger partial charge >= 0.3 is 0 Å². The van der Waals surface area contributed by atoms with Gasteiger partial charge in [0.15, 0.2) is 0 Å². The summed E-state index contributed by atoms with van der Waals surface area (Å²) in [7, 11) is 0. The van der Waals surface area contributed by atoms with E-state index in [1.807, 2.05) is 56.3 Å². The van der Waals surface area contributed by atoms with E-state index in [0.29, 0.717) is 18.3 Å². The normalized spacial score (nSPS) is 16.5. The summed E-state index contributed by atoms with van der Waals surface area (Å²) in [6, 6.07) is 13.2. The standard InChI is InChI=1S/C23H26ClN3O2S/c1-3-29-20-7-5-4-6-18(20)25-22(28)15(2)27-12-10-16(11-13-27)23-26-19-14-17(24)8-9-21(19)30-23/h4-9,14-16H,3,10-13H2,1-2H3,(H,25,28). The van der Waals surface area contributed by atoms with Crippen LogP contribution in [0.1, 0.15) is 37.6 Å². The lowest BCUT2D eigenvalue weighted by Crippen LogP contribution is -2.45. The number of ether oxygens (including phenoxy) is 1. The third-order valence-corrected chi connectivity index (χ3v) is 7.05. The van der Waals surface area contributed by atoms with Gasteiger partial charge in [0.25, 0.3) is 0 Å². The van der Waals surface area contributed by atoms with Crippen molar-refractivity contribution in [2.24, 2.45) is 0 Å². The molecule has 0 aliphatic carbocycles. The number of likely N-dealkylation sites (tertiary alicyclic amines) is 1. The molecule has 158 valence electrons. The molecule has 3 aromatic rings. The van der Waals surface area contributed by atoms with E-state index in [4.69, 9.17) is 21.3 Å². The Labute approximate surface area is 186 Å². The average molecular weight is 444 g/mol. The molecule has 1 aliphatic rings. The van der Waals surface area contributed by atoms with Crippen LogP contribution in [0.25, 0.3) is 10.2 Å². The molecule has 1 amide bonds. The summed E-state index contributed by atoms with van der Waals surface area (Å²) in [6.45, 7) is 6.23. The third kappa shape index (κ3) is 4.61. The number of hydrogen-bond acceptors (Lipinski definition) is 5. The summed E-state index contributed by atoms with van der Waals surface area (Å²) in [4.78, 5) is 19.9. The van der Waals surface area contributed by atoms with Crippen molar-refractivity contribution in [1.82, 2.24) is 9.88 Å². The van der Waals surface area contributed by atoms with E-state index in [1.165, 1.54) is 9.71 Å². The molecule has 30 heavy (non-hydrogen) atoms. The van der Waals surface area contributed by atoms with Crippen molar-refractivity contribution in [2.75, 3.05) is 25.0 Å². The molecular weight excluding hydrogens is 418 g/mol. The maximum absolute atomic E-state index is 12.8. The van der Waals surface area contributed by atoms with Crippen molar-refractivity contribution in [3.63, 3.8) is 0 Å². The minimum absolute atomic E-state index is 0.00441. The number of nitrogens with zero attached hydrogens (tertiary/aromatic N) is 2. The fraction of sp³-hybridized carbons (Fsp3) is 0.391. The van der Waals surface area contributed by atoms with Crippen molar-refractivity contribution in [2.45, 2.75) is 38.6 Å². The number of benzene rings is 2. The topological polar surface area (TPSA) is 54.5 Å². The molecule has 1 unspecified atom stereocenters. The van der Waals surface area contributed by atoms with Crippen LogP contribution >= 0.6 is 22.9 Å². The Kier molecular flexibility index (Phi) is 6.56. The van der Waals surface area contributed by atoms with Gasteiger partial charge in [0, 0.05) is 10.9 Å². The Morgan fingerprint density at radius 3 is 2.83 bits per heavy atom. The highest BCUT2D eigenvalue weighted by Crippen LogP contribution is 2.35. The molecule has 1 saturated heterocycles. The molecule has 1 N–H and O–H groups in total. The zero-order valence-corrected chi connectivity index (χ0v) is 18.8. The average Bonchev–Trinajstić information content (AvgIpc) is 3.18. The molecule has 7 heteroatoms. The number of carbonyl (C=O) groups is 1. The quantitative estimate of drug-likeness (QED) is 0.542. The number of piperidine rings is 1. The first-order valence-electron chi connectivity index (χ1n) is 10.4.